The molecule has 2 heterocycles. The summed E-state index contributed by atoms with van der Waals surface area (Å²) in [6.07, 6.45) is 2.04. The van der Waals surface area contributed by atoms with E-state index in [0.717, 1.165) is 27.0 Å². The lowest BCUT2D eigenvalue weighted by atomic mass is 10.1. The van der Waals surface area contributed by atoms with E-state index >= 15 is 0 Å². The molecule has 0 fully saturated rings. The molecule has 29 heavy (non-hydrogen) atoms. The molecule has 0 N–H and O–H groups in total. The number of anilines is 1. The Bertz CT molecular complexity index is 1130. The summed E-state index contributed by atoms with van der Waals surface area (Å²) >= 11 is 1.51. The highest BCUT2D eigenvalue weighted by atomic mass is 32.1. The van der Waals surface area contributed by atoms with Crippen LogP contribution in [0.25, 0.3) is 10.2 Å². The van der Waals surface area contributed by atoms with Crippen LogP contribution >= 0.6 is 11.3 Å². The highest BCUT2D eigenvalue weighted by Gasteiger charge is 2.22. The summed E-state index contributed by atoms with van der Waals surface area (Å²) in [5.74, 6) is 0.693. The molecule has 0 unspecified atom stereocenters. The second-order valence-electron chi connectivity index (χ2n) is 6.72. The number of benzene rings is 2. The number of rotatable bonds is 6. The summed E-state index contributed by atoms with van der Waals surface area (Å²) < 4.78 is 6.50. The van der Waals surface area contributed by atoms with Crippen molar-refractivity contribution >= 4 is 32.6 Å². The average Bonchev–Trinajstić information content (AvgIpc) is 3.20. The molecule has 146 valence electrons. The summed E-state index contributed by atoms with van der Waals surface area (Å²) in [5.41, 5.74) is 3.68. The number of aryl methyl sites for hydroxylation is 1. The van der Waals surface area contributed by atoms with E-state index in [9.17, 15) is 4.79 Å². The third-order valence-electron chi connectivity index (χ3n) is 4.69. The van der Waals surface area contributed by atoms with Crippen molar-refractivity contribution in [2.24, 2.45) is 0 Å². The van der Waals surface area contributed by atoms with Crippen LogP contribution in [0, 0.1) is 6.92 Å². The molecule has 4 aromatic rings. The maximum absolute atomic E-state index is 13.3. The second kappa shape index (κ2) is 8.41. The number of aromatic nitrogens is 2. The minimum Gasteiger partial charge on any atom is -0.494 e. The second-order valence-corrected chi connectivity index (χ2v) is 7.70. The fourth-order valence-electron chi connectivity index (χ4n) is 3.16. The molecule has 0 aliphatic heterocycles. The van der Waals surface area contributed by atoms with Gasteiger partial charge in [0.1, 0.15) is 11.3 Å². The van der Waals surface area contributed by atoms with Gasteiger partial charge in [-0.3, -0.25) is 14.7 Å². The van der Waals surface area contributed by atoms with Crippen molar-refractivity contribution < 1.29 is 9.53 Å². The van der Waals surface area contributed by atoms with Gasteiger partial charge in [-0.2, -0.15) is 0 Å². The smallest absolute Gasteiger partial charge is 0.233 e. The maximum atomic E-state index is 13.3. The van der Waals surface area contributed by atoms with E-state index in [2.05, 4.69) is 4.98 Å². The minimum absolute atomic E-state index is 0.0162. The van der Waals surface area contributed by atoms with Crippen molar-refractivity contribution in [3.05, 3.63) is 83.7 Å². The number of hydrogen-bond acceptors (Lipinski definition) is 5. The Balaban J connectivity index is 1.74. The molecular weight excluding hydrogens is 382 g/mol. The van der Waals surface area contributed by atoms with Crippen LogP contribution in [0.1, 0.15) is 16.8 Å². The van der Waals surface area contributed by atoms with Crippen LogP contribution in [0.5, 0.6) is 5.75 Å². The summed E-state index contributed by atoms with van der Waals surface area (Å²) in [5, 5.41) is 0.652. The number of methoxy groups -OCH3 is 1. The number of carbonyl (C=O) groups is 1. The van der Waals surface area contributed by atoms with Crippen LogP contribution in [0.3, 0.4) is 0 Å². The van der Waals surface area contributed by atoms with Crippen molar-refractivity contribution in [3.63, 3.8) is 0 Å². The number of pyridine rings is 1. The molecule has 0 saturated heterocycles. The third-order valence-corrected chi connectivity index (χ3v) is 5.90. The van der Waals surface area contributed by atoms with Crippen molar-refractivity contribution in [3.8, 4) is 5.75 Å². The van der Waals surface area contributed by atoms with E-state index in [4.69, 9.17) is 9.72 Å². The van der Waals surface area contributed by atoms with E-state index in [-0.39, 0.29) is 5.91 Å². The minimum atomic E-state index is -0.0162. The Kier molecular flexibility index (Phi) is 5.53. The molecule has 0 spiro atoms. The largest absolute Gasteiger partial charge is 0.494 e. The summed E-state index contributed by atoms with van der Waals surface area (Å²) in [6, 6.07) is 19.4. The molecule has 2 aromatic carbocycles. The van der Waals surface area contributed by atoms with Crippen LogP contribution in [0.15, 0.2) is 66.9 Å². The Morgan fingerprint density at radius 2 is 1.86 bits per heavy atom. The Morgan fingerprint density at radius 3 is 2.59 bits per heavy atom. The van der Waals surface area contributed by atoms with Gasteiger partial charge in [0, 0.05) is 6.20 Å². The first-order valence-electron chi connectivity index (χ1n) is 9.34. The number of thiazole rings is 1. The lowest BCUT2D eigenvalue weighted by Gasteiger charge is -2.19. The van der Waals surface area contributed by atoms with Crippen molar-refractivity contribution in [1.29, 1.82) is 0 Å². The van der Waals surface area contributed by atoms with Crippen LogP contribution in [0.2, 0.25) is 0 Å². The van der Waals surface area contributed by atoms with Gasteiger partial charge >= 0.3 is 0 Å². The zero-order valence-electron chi connectivity index (χ0n) is 16.3. The topological polar surface area (TPSA) is 55.3 Å². The highest BCUT2D eigenvalue weighted by molar-refractivity contribution is 7.22. The predicted octanol–water partition coefficient (Wildman–Crippen LogP) is 4.78. The Morgan fingerprint density at radius 1 is 1.07 bits per heavy atom. The number of amides is 1. The molecule has 5 nitrogen and oxygen atoms in total. The van der Waals surface area contributed by atoms with Gasteiger partial charge in [-0.1, -0.05) is 53.8 Å². The summed E-state index contributed by atoms with van der Waals surface area (Å²) in [4.78, 5) is 24.2. The van der Waals surface area contributed by atoms with Gasteiger partial charge in [-0.05, 0) is 36.2 Å². The highest BCUT2D eigenvalue weighted by Crippen LogP contribution is 2.37. The van der Waals surface area contributed by atoms with Gasteiger partial charge in [0.25, 0.3) is 0 Å². The SMILES string of the molecule is COc1ccc(C)c2sc(N(Cc3ccccn3)C(=O)Cc3ccccc3)nc12. The number of carbonyl (C=O) groups excluding carboxylic acids is 1. The molecule has 0 aliphatic carbocycles. The number of ether oxygens (including phenoxy) is 1. The van der Waals surface area contributed by atoms with Crippen LogP contribution in [-0.4, -0.2) is 23.0 Å². The monoisotopic (exact) mass is 403 g/mol. The summed E-state index contributed by atoms with van der Waals surface area (Å²) in [6.45, 7) is 2.41. The van der Waals surface area contributed by atoms with Gasteiger partial charge < -0.3 is 4.74 Å². The van der Waals surface area contributed by atoms with E-state index in [0.29, 0.717) is 23.8 Å². The van der Waals surface area contributed by atoms with Crippen molar-refractivity contribution in [2.45, 2.75) is 19.9 Å². The first-order chi connectivity index (χ1) is 14.2. The normalized spacial score (nSPS) is 10.8. The quantitative estimate of drug-likeness (QED) is 0.465. The van der Waals surface area contributed by atoms with Crippen LogP contribution < -0.4 is 9.64 Å². The predicted molar refractivity (Wildman–Crippen MR) is 116 cm³/mol. The first-order valence-corrected chi connectivity index (χ1v) is 10.2. The number of nitrogens with zero attached hydrogens (tertiary/aromatic N) is 3. The van der Waals surface area contributed by atoms with Crippen molar-refractivity contribution in [1.82, 2.24) is 9.97 Å². The molecule has 4 rings (SSSR count). The molecule has 0 bridgehead atoms. The first kappa shape index (κ1) is 19.1. The van der Waals surface area contributed by atoms with E-state index in [1.807, 2.05) is 67.6 Å². The van der Waals surface area contributed by atoms with Gasteiger partial charge in [0.2, 0.25) is 5.91 Å². The van der Waals surface area contributed by atoms with E-state index in [1.165, 1.54) is 11.3 Å². The molecular formula is C23H21N3O2S. The third kappa shape index (κ3) is 4.12. The fourth-order valence-corrected chi connectivity index (χ4v) is 4.23. The molecule has 2 aromatic heterocycles. The van der Waals surface area contributed by atoms with Crippen LogP contribution in [-0.2, 0) is 17.8 Å². The number of hydrogen-bond donors (Lipinski definition) is 0. The molecule has 0 atom stereocenters. The van der Waals surface area contributed by atoms with Gasteiger partial charge in [-0.25, -0.2) is 4.98 Å². The van der Waals surface area contributed by atoms with Gasteiger partial charge in [0.15, 0.2) is 5.13 Å². The molecule has 0 radical (unpaired) electrons. The number of fused-ring (bicyclic) bond motifs is 1. The van der Waals surface area contributed by atoms with Crippen molar-refractivity contribution in [2.75, 3.05) is 12.0 Å². The van der Waals surface area contributed by atoms with Gasteiger partial charge in [0.05, 0.1) is 30.5 Å². The standard InChI is InChI=1S/C23H21N3O2S/c1-16-11-12-19(28-2)21-22(16)29-23(25-21)26(15-18-10-6-7-13-24-18)20(27)14-17-8-4-3-5-9-17/h3-13H,14-15H2,1-2H3. The molecule has 1 amide bonds. The van der Waals surface area contributed by atoms with Gasteiger partial charge in [-0.15, -0.1) is 0 Å². The molecule has 0 aliphatic rings. The van der Waals surface area contributed by atoms with E-state index in [1.54, 1.807) is 18.2 Å². The average molecular weight is 404 g/mol. The fraction of sp³-hybridized carbons (Fsp3) is 0.174. The zero-order chi connectivity index (χ0) is 20.2. The Hall–Kier alpha value is -3.25. The van der Waals surface area contributed by atoms with E-state index < -0.39 is 0 Å². The molecule has 6 heteroatoms. The maximum Gasteiger partial charge on any atom is 0.233 e. The summed E-state index contributed by atoms with van der Waals surface area (Å²) in [7, 11) is 1.63. The lowest BCUT2D eigenvalue weighted by molar-refractivity contribution is -0.118. The zero-order valence-corrected chi connectivity index (χ0v) is 17.1. The molecule has 0 saturated carbocycles. The van der Waals surface area contributed by atoms with Crippen LogP contribution in [0.4, 0.5) is 5.13 Å². The lowest BCUT2D eigenvalue weighted by Crippen LogP contribution is -2.32. The Labute approximate surface area is 173 Å².